The second kappa shape index (κ2) is 3.66. The normalized spacial score (nSPS) is 16.1. The summed E-state index contributed by atoms with van der Waals surface area (Å²) in [7, 11) is 1.60. The Bertz CT molecular complexity index is 469. The number of fused-ring (bicyclic) bond motifs is 1. The molecule has 76 valence electrons. The number of methoxy groups -OCH3 is 1. The van der Waals surface area contributed by atoms with Gasteiger partial charge in [-0.05, 0) is 30.0 Å². The minimum atomic E-state index is 0.647. The summed E-state index contributed by atoms with van der Waals surface area (Å²) in [6.07, 6.45) is 3.42. The third-order valence-electron chi connectivity index (χ3n) is 2.74. The first-order valence-corrected chi connectivity index (χ1v) is 4.82. The van der Waals surface area contributed by atoms with E-state index in [0.717, 1.165) is 24.0 Å². The van der Waals surface area contributed by atoms with Crippen LogP contribution in [0.3, 0.4) is 0 Å². The summed E-state index contributed by atoms with van der Waals surface area (Å²) < 4.78 is 5.16. The van der Waals surface area contributed by atoms with Crippen molar-refractivity contribution in [2.75, 3.05) is 12.8 Å². The van der Waals surface area contributed by atoms with Gasteiger partial charge in [-0.25, -0.2) is 0 Å². The number of hydrogen-bond donors (Lipinski definition) is 1. The largest absolute Gasteiger partial charge is 0.495 e. The van der Waals surface area contributed by atoms with Crippen LogP contribution in [-0.4, -0.2) is 7.11 Å². The standard InChI is InChI=1S/C12H12N2O/c1-15-10-5-4-8-2-3-9(6-7-13)11(8)12(10)14/h4-6H,2-3,14H2,1H3/b9-6+. The molecule has 0 saturated heterocycles. The summed E-state index contributed by atoms with van der Waals surface area (Å²) in [4.78, 5) is 0. The molecule has 2 rings (SSSR count). The Kier molecular flexibility index (Phi) is 2.34. The zero-order valence-electron chi connectivity index (χ0n) is 8.58. The van der Waals surface area contributed by atoms with E-state index in [4.69, 9.17) is 15.7 Å². The SMILES string of the molecule is COc1ccc2c(c1N)/C(=C/C#N)CC2. The fourth-order valence-corrected chi connectivity index (χ4v) is 2.03. The molecule has 0 unspecified atom stereocenters. The summed E-state index contributed by atoms with van der Waals surface area (Å²) in [5.41, 5.74) is 9.86. The lowest BCUT2D eigenvalue weighted by Gasteiger charge is -2.09. The molecule has 0 amide bonds. The number of nitriles is 1. The highest BCUT2D eigenvalue weighted by atomic mass is 16.5. The maximum atomic E-state index is 8.67. The number of allylic oxidation sites excluding steroid dienone is 2. The first-order valence-electron chi connectivity index (χ1n) is 4.82. The highest BCUT2D eigenvalue weighted by Gasteiger charge is 2.20. The molecule has 1 aliphatic carbocycles. The van der Waals surface area contributed by atoms with E-state index < -0.39 is 0 Å². The summed E-state index contributed by atoms with van der Waals surface area (Å²) in [6.45, 7) is 0. The molecule has 3 nitrogen and oxygen atoms in total. The molecule has 0 saturated carbocycles. The van der Waals surface area contributed by atoms with Crippen LogP contribution in [0, 0.1) is 11.3 Å². The number of ether oxygens (including phenoxy) is 1. The van der Waals surface area contributed by atoms with Crippen molar-refractivity contribution in [3.8, 4) is 11.8 Å². The van der Waals surface area contributed by atoms with Gasteiger partial charge in [-0.15, -0.1) is 0 Å². The van der Waals surface area contributed by atoms with Crippen LogP contribution >= 0.6 is 0 Å². The van der Waals surface area contributed by atoms with Gasteiger partial charge in [0, 0.05) is 11.6 Å². The van der Waals surface area contributed by atoms with Gasteiger partial charge in [0.25, 0.3) is 0 Å². The lowest BCUT2D eigenvalue weighted by Crippen LogP contribution is -1.97. The topological polar surface area (TPSA) is 59.0 Å². The van der Waals surface area contributed by atoms with Crippen LogP contribution in [0.25, 0.3) is 5.57 Å². The van der Waals surface area contributed by atoms with Gasteiger partial charge in [-0.2, -0.15) is 5.26 Å². The van der Waals surface area contributed by atoms with Crippen LogP contribution in [0.5, 0.6) is 5.75 Å². The molecule has 0 aromatic heterocycles. The molecule has 0 spiro atoms. The van der Waals surface area contributed by atoms with E-state index in [0.29, 0.717) is 11.4 Å². The van der Waals surface area contributed by atoms with Crippen LogP contribution < -0.4 is 10.5 Å². The number of rotatable bonds is 1. The van der Waals surface area contributed by atoms with Gasteiger partial charge in [0.1, 0.15) is 5.75 Å². The number of hydrogen-bond acceptors (Lipinski definition) is 3. The minimum Gasteiger partial charge on any atom is -0.495 e. The van der Waals surface area contributed by atoms with Crippen molar-refractivity contribution >= 4 is 11.3 Å². The Morgan fingerprint density at radius 3 is 2.93 bits per heavy atom. The van der Waals surface area contributed by atoms with Crippen LogP contribution in [0.2, 0.25) is 0 Å². The van der Waals surface area contributed by atoms with Crippen molar-refractivity contribution in [2.45, 2.75) is 12.8 Å². The third kappa shape index (κ3) is 1.44. The highest BCUT2D eigenvalue weighted by Crippen LogP contribution is 2.40. The molecule has 1 aromatic rings. The average Bonchev–Trinajstić information content (AvgIpc) is 2.64. The molecule has 0 radical (unpaired) electrons. The number of nitrogens with zero attached hydrogens (tertiary/aromatic N) is 1. The third-order valence-corrected chi connectivity index (χ3v) is 2.74. The second-order valence-corrected chi connectivity index (χ2v) is 3.51. The van der Waals surface area contributed by atoms with Crippen LogP contribution in [0.15, 0.2) is 18.2 Å². The second-order valence-electron chi connectivity index (χ2n) is 3.51. The molecule has 0 heterocycles. The Morgan fingerprint density at radius 2 is 2.27 bits per heavy atom. The predicted octanol–water partition coefficient (Wildman–Crippen LogP) is 2.13. The molecule has 2 N–H and O–H groups in total. The van der Waals surface area contributed by atoms with Gasteiger partial charge in [-0.3, -0.25) is 0 Å². The number of anilines is 1. The van der Waals surface area contributed by atoms with E-state index in [-0.39, 0.29) is 0 Å². The molecule has 0 aliphatic heterocycles. The van der Waals surface area contributed by atoms with Crippen molar-refractivity contribution in [3.63, 3.8) is 0 Å². The van der Waals surface area contributed by atoms with E-state index >= 15 is 0 Å². The maximum absolute atomic E-state index is 8.67. The van der Waals surface area contributed by atoms with Gasteiger partial charge in [0.2, 0.25) is 0 Å². The predicted molar refractivity (Wildman–Crippen MR) is 59.3 cm³/mol. The monoisotopic (exact) mass is 200 g/mol. The van der Waals surface area contributed by atoms with Gasteiger partial charge in [-0.1, -0.05) is 6.07 Å². The van der Waals surface area contributed by atoms with Crippen LogP contribution in [-0.2, 0) is 6.42 Å². The van der Waals surface area contributed by atoms with E-state index in [1.54, 1.807) is 13.2 Å². The van der Waals surface area contributed by atoms with Crippen LogP contribution in [0.1, 0.15) is 17.5 Å². The highest BCUT2D eigenvalue weighted by molar-refractivity contribution is 5.84. The Balaban J connectivity index is 2.61. The minimum absolute atomic E-state index is 0.647. The molecule has 15 heavy (non-hydrogen) atoms. The van der Waals surface area contributed by atoms with E-state index in [1.165, 1.54) is 5.56 Å². The molecule has 0 bridgehead atoms. The van der Waals surface area contributed by atoms with Crippen LogP contribution in [0.4, 0.5) is 5.69 Å². The van der Waals surface area contributed by atoms with Gasteiger partial charge < -0.3 is 10.5 Å². The first kappa shape index (κ1) is 9.60. The lowest BCUT2D eigenvalue weighted by molar-refractivity contribution is 0.417. The summed E-state index contributed by atoms with van der Waals surface area (Å²) in [5.74, 6) is 0.680. The Hall–Kier alpha value is -1.95. The van der Waals surface area contributed by atoms with Crippen molar-refractivity contribution in [1.29, 1.82) is 5.26 Å². The molecule has 1 aromatic carbocycles. The Labute approximate surface area is 88.8 Å². The van der Waals surface area contributed by atoms with Crippen molar-refractivity contribution in [1.82, 2.24) is 0 Å². The van der Waals surface area contributed by atoms with E-state index in [9.17, 15) is 0 Å². The first-order chi connectivity index (χ1) is 7.27. The smallest absolute Gasteiger partial charge is 0.142 e. The summed E-state index contributed by atoms with van der Waals surface area (Å²) in [6, 6.07) is 5.95. The molecule has 1 aliphatic rings. The molecule has 0 atom stereocenters. The van der Waals surface area contributed by atoms with Crippen molar-refractivity contribution in [2.24, 2.45) is 0 Å². The average molecular weight is 200 g/mol. The van der Waals surface area contributed by atoms with Crippen molar-refractivity contribution < 1.29 is 4.74 Å². The zero-order valence-corrected chi connectivity index (χ0v) is 8.58. The molecular formula is C12H12N2O. The summed E-state index contributed by atoms with van der Waals surface area (Å²) >= 11 is 0. The van der Waals surface area contributed by atoms with Crippen molar-refractivity contribution in [3.05, 3.63) is 29.3 Å². The number of nitrogens with two attached hydrogens (primary N) is 1. The number of aryl methyl sites for hydroxylation is 1. The van der Waals surface area contributed by atoms with E-state index in [1.807, 2.05) is 12.1 Å². The quantitative estimate of drug-likeness (QED) is 0.558. The van der Waals surface area contributed by atoms with Gasteiger partial charge >= 0.3 is 0 Å². The summed E-state index contributed by atoms with van der Waals surface area (Å²) in [5, 5.41) is 8.67. The Morgan fingerprint density at radius 1 is 1.47 bits per heavy atom. The fraction of sp³-hybridized carbons (Fsp3) is 0.250. The number of nitrogen functional groups attached to an aromatic ring is 1. The van der Waals surface area contributed by atoms with Gasteiger partial charge in [0.15, 0.2) is 0 Å². The fourth-order valence-electron chi connectivity index (χ4n) is 2.03. The van der Waals surface area contributed by atoms with Gasteiger partial charge in [0.05, 0.1) is 18.9 Å². The molecule has 0 fully saturated rings. The molecular weight excluding hydrogens is 188 g/mol. The lowest BCUT2D eigenvalue weighted by atomic mass is 10.0. The maximum Gasteiger partial charge on any atom is 0.142 e. The zero-order chi connectivity index (χ0) is 10.8. The van der Waals surface area contributed by atoms with E-state index in [2.05, 4.69) is 6.07 Å². The molecule has 3 heteroatoms. The number of benzene rings is 1.